The molecule has 2 aliphatic rings. The lowest BCUT2D eigenvalue weighted by Gasteiger charge is -2.36. The van der Waals surface area contributed by atoms with E-state index >= 15 is 0 Å². The zero-order valence-electron chi connectivity index (χ0n) is 16.2. The van der Waals surface area contributed by atoms with Gasteiger partial charge in [0.05, 0.1) is 0 Å². The lowest BCUT2D eigenvalue weighted by molar-refractivity contribution is -0.151. The van der Waals surface area contributed by atoms with Crippen molar-refractivity contribution in [1.82, 2.24) is 15.5 Å². The maximum atomic E-state index is 13.5. The Labute approximate surface area is 167 Å². The van der Waals surface area contributed by atoms with Gasteiger partial charge in [0, 0.05) is 12.1 Å². The van der Waals surface area contributed by atoms with Crippen molar-refractivity contribution in [2.24, 2.45) is 5.92 Å². The number of amides is 4. The predicted molar refractivity (Wildman–Crippen MR) is 99.8 cm³/mol. The Kier molecular flexibility index (Phi) is 6.14. The number of hydrogen-bond acceptors (Lipinski definition) is 5. The van der Waals surface area contributed by atoms with Crippen LogP contribution in [0.25, 0.3) is 0 Å². The first kappa shape index (κ1) is 20.8. The van der Waals surface area contributed by atoms with E-state index in [1.807, 2.05) is 6.92 Å². The van der Waals surface area contributed by atoms with Gasteiger partial charge in [-0.05, 0) is 24.8 Å². The SMILES string of the molecule is C[C@H]1CCCC[C@@]12NC(=O)N(CC(=O)OCC(=O)NCc1ccccc1F)C2=O. The molecule has 1 aliphatic carbocycles. The number of hydrogen-bond donors (Lipinski definition) is 2. The van der Waals surface area contributed by atoms with Gasteiger partial charge in [-0.2, -0.15) is 0 Å². The molecule has 1 aromatic carbocycles. The van der Waals surface area contributed by atoms with Gasteiger partial charge >= 0.3 is 12.0 Å². The minimum Gasteiger partial charge on any atom is -0.454 e. The van der Waals surface area contributed by atoms with Gasteiger partial charge in [-0.1, -0.05) is 38.0 Å². The molecular weight excluding hydrogens is 381 g/mol. The molecule has 3 rings (SSSR count). The van der Waals surface area contributed by atoms with Crippen molar-refractivity contribution in [3.8, 4) is 0 Å². The maximum Gasteiger partial charge on any atom is 0.326 e. The number of rotatable bonds is 6. The number of nitrogens with one attached hydrogen (secondary N) is 2. The number of ether oxygens (including phenoxy) is 1. The van der Waals surface area contributed by atoms with Crippen LogP contribution in [0.2, 0.25) is 0 Å². The van der Waals surface area contributed by atoms with E-state index in [9.17, 15) is 23.6 Å². The summed E-state index contributed by atoms with van der Waals surface area (Å²) in [6.07, 6.45) is 3.20. The predicted octanol–water partition coefficient (Wildman–Crippen LogP) is 1.49. The summed E-state index contributed by atoms with van der Waals surface area (Å²) in [7, 11) is 0. The van der Waals surface area contributed by atoms with Crippen molar-refractivity contribution < 1.29 is 28.3 Å². The summed E-state index contributed by atoms with van der Waals surface area (Å²) in [6.45, 7) is 0.730. The van der Waals surface area contributed by atoms with Crippen LogP contribution in [0.15, 0.2) is 24.3 Å². The summed E-state index contributed by atoms with van der Waals surface area (Å²) in [4.78, 5) is 49.7. The Bertz CT molecular complexity index is 830. The van der Waals surface area contributed by atoms with E-state index in [2.05, 4.69) is 10.6 Å². The van der Waals surface area contributed by atoms with Gasteiger partial charge in [0.1, 0.15) is 17.9 Å². The van der Waals surface area contributed by atoms with Crippen LogP contribution in [0.1, 0.15) is 38.2 Å². The van der Waals surface area contributed by atoms with Crippen LogP contribution in [0.4, 0.5) is 9.18 Å². The first-order valence-electron chi connectivity index (χ1n) is 9.63. The second-order valence-corrected chi connectivity index (χ2v) is 7.47. The van der Waals surface area contributed by atoms with Gasteiger partial charge in [-0.3, -0.25) is 19.3 Å². The van der Waals surface area contributed by atoms with Gasteiger partial charge in [-0.15, -0.1) is 0 Å². The molecule has 1 heterocycles. The lowest BCUT2D eigenvalue weighted by Crippen LogP contribution is -2.54. The molecule has 8 nitrogen and oxygen atoms in total. The second-order valence-electron chi connectivity index (χ2n) is 7.47. The molecular formula is C20H24FN3O5. The van der Waals surface area contributed by atoms with E-state index in [0.717, 1.165) is 24.2 Å². The molecule has 1 saturated carbocycles. The van der Waals surface area contributed by atoms with Gasteiger partial charge in [0.15, 0.2) is 6.61 Å². The topological polar surface area (TPSA) is 105 Å². The zero-order valence-corrected chi connectivity index (χ0v) is 16.2. The van der Waals surface area contributed by atoms with Crippen molar-refractivity contribution in [3.63, 3.8) is 0 Å². The third-order valence-electron chi connectivity index (χ3n) is 5.59. The fourth-order valence-corrected chi connectivity index (χ4v) is 3.85. The van der Waals surface area contributed by atoms with Crippen LogP contribution < -0.4 is 10.6 Å². The fraction of sp³-hybridized carbons (Fsp3) is 0.500. The Morgan fingerprint density at radius 3 is 2.79 bits per heavy atom. The number of urea groups is 1. The molecule has 1 aromatic rings. The molecule has 0 radical (unpaired) electrons. The van der Waals surface area contributed by atoms with E-state index in [-0.39, 0.29) is 12.5 Å². The van der Waals surface area contributed by atoms with E-state index in [1.54, 1.807) is 6.07 Å². The van der Waals surface area contributed by atoms with Crippen molar-refractivity contribution in [2.75, 3.05) is 13.2 Å². The summed E-state index contributed by atoms with van der Waals surface area (Å²) in [5.41, 5.74) is -0.648. The number of carbonyl (C=O) groups excluding carboxylic acids is 4. The quantitative estimate of drug-likeness (QED) is 0.551. The summed E-state index contributed by atoms with van der Waals surface area (Å²) in [6, 6.07) is 5.37. The normalized spacial score (nSPS) is 23.8. The Morgan fingerprint density at radius 1 is 1.31 bits per heavy atom. The average Bonchev–Trinajstić information content (AvgIpc) is 2.93. The molecule has 2 atom stereocenters. The van der Waals surface area contributed by atoms with E-state index in [4.69, 9.17) is 4.74 Å². The van der Waals surface area contributed by atoms with Crippen LogP contribution in [0.3, 0.4) is 0 Å². The molecule has 1 saturated heterocycles. The number of halogens is 1. The molecule has 0 unspecified atom stereocenters. The lowest BCUT2D eigenvalue weighted by atomic mass is 9.73. The van der Waals surface area contributed by atoms with Crippen molar-refractivity contribution in [3.05, 3.63) is 35.6 Å². The van der Waals surface area contributed by atoms with Gasteiger partial charge in [-0.25, -0.2) is 9.18 Å². The third-order valence-corrected chi connectivity index (χ3v) is 5.59. The number of nitrogens with zero attached hydrogens (tertiary/aromatic N) is 1. The maximum absolute atomic E-state index is 13.5. The largest absolute Gasteiger partial charge is 0.454 e. The highest BCUT2D eigenvalue weighted by Crippen LogP contribution is 2.38. The van der Waals surface area contributed by atoms with Gasteiger partial charge < -0.3 is 15.4 Å². The summed E-state index contributed by atoms with van der Waals surface area (Å²) < 4.78 is 18.4. The number of carbonyl (C=O) groups is 4. The number of imide groups is 1. The molecule has 1 aliphatic heterocycles. The number of esters is 1. The molecule has 4 amide bonds. The first-order chi connectivity index (χ1) is 13.8. The van der Waals surface area contributed by atoms with Crippen LogP contribution in [0, 0.1) is 11.7 Å². The molecule has 156 valence electrons. The molecule has 0 aromatic heterocycles. The molecule has 2 fully saturated rings. The second kappa shape index (κ2) is 8.59. The molecule has 0 bridgehead atoms. The van der Waals surface area contributed by atoms with Gasteiger partial charge in [0.25, 0.3) is 11.8 Å². The smallest absolute Gasteiger partial charge is 0.326 e. The minimum atomic E-state index is -0.952. The van der Waals surface area contributed by atoms with E-state index in [1.165, 1.54) is 18.2 Å². The summed E-state index contributed by atoms with van der Waals surface area (Å²) in [5.74, 6) is -2.37. The minimum absolute atomic E-state index is 0.0159. The van der Waals surface area contributed by atoms with Crippen molar-refractivity contribution in [1.29, 1.82) is 0 Å². The molecule has 9 heteroatoms. The highest BCUT2D eigenvalue weighted by Gasteiger charge is 2.55. The Hall–Kier alpha value is -2.97. The average molecular weight is 405 g/mol. The van der Waals surface area contributed by atoms with Crippen LogP contribution in [-0.2, 0) is 25.7 Å². The van der Waals surface area contributed by atoms with Gasteiger partial charge in [0.2, 0.25) is 0 Å². The van der Waals surface area contributed by atoms with Crippen LogP contribution >= 0.6 is 0 Å². The van der Waals surface area contributed by atoms with Crippen molar-refractivity contribution >= 4 is 23.8 Å². The van der Waals surface area contributed by atoms with Crippen molar-refractivity contribution in [2.45, 2.75) is 44.7 Å². The van der Waals surface area contributed by atoms with Crippen LogP contribution in [0.5, 0.6) is 0 Å². The standard InChI is InChI=1S/C20H24FN3O5/c1-13-6-4-5-9-20(13)18(27)24(19(28)23-20)11-17(26)29-12-16(25)22-10-14-7-2-3-8-15(14)21/h2-3,7-8,13H,4-6,9-12H2,1H3,(H,22,25)(H,23,28)/t13-,20+/m0/s1. The molecule has 1 spiro atoms. The third kappa shape index (κ3) is 4.38. The Balaban J connectivity index is 1.48. The number of benzene rings is 1. The molecule has 2 N–H and O–H groups in total. The Morgan fingerprint density at radius 2 is 2.07 bits per heavy atom. The summed E-state index contributed by atoms with van der Waals surface area (Å²) in [5, 5.41) is 5.19. The van der Waals surface area contributed by atoms with Crippen LogP contribution in [-0.4, -0.2) is 47.4 Å². The highest BCUT2D eigenvalue weighted by atomic mass is 19.1. The molecule has 29 heavy (non-hydrogen) atoms. The van der Waals surface area contributed by atoms with E-state index < -0.39 is 48.3 Å². The monoisotopic (exact) mass is 405 g/mol. The first-order valence-corrected chi connectivity index (χ1v) is 9.63. The highest BCUT2D eigenvalue weighted by molar-refractivity contribution is 6.09. The zero-order chi connectivity index (χ0) is 21.0. The fourth-order valence-electron chi connectivity index (χ4n) is 3.85. The van der Waals surface area contributed by atoms with E-state index in [0.29, 0.717) is 12.0 Å². The summed E-state index contributed by atoms with van der Waals surface area (Å²) >= 11 is 0.